The van der Waals surface area contributed by atoms with Gasteiger partial charge in [0.15, 0.2) is 0 Å². The molecule has 1 heterocycles. The van der Waals surface area contributed by atoms with E-state index in [1.54, 1.807) is 0 Å². The quantitative estimate of drug-likeness (QED) is 0.702. The first-order chi connectivity index (χ1) is 10.8. The van der Waals surface area contributed by atoms with Gasteiger partial charge in [-0.05, 0) is 37.9 Å². The van der Waals surface area contributed by atoms with E-state index >= 15 is 0 Å². The van der Waals surface area contributed by atoms with E-state index in [9.17, 15) is 4.79 Å². The molecule has 1 saturated heterocycles. The number of carbonyl (C=O) groups excluding carboxylic acids is 1. The van der Waals surface area contributed by atoms with Crippen molar-refractivity contribution < 1.29 is 4.79 Å². The summed E-state index contributed by atoms with van der Waals surface area (Å²) >= 11 is 1.81. The van der Waals surface area contributed by atoms with Crippen molar-refractivity contribution in [1.29, 1.82) is 0 Å². The number of benzene rings is 1. The summed E-state index contributed by atoms with van der Waals surface area (Å²) < 4.78 is 0. The van der Waals surface area contributed by atoms with Crippen LogP contribution in [-0.4, -0.2) is 35.7 Å². The van der Waals surface area contributed by atoms with Crippen LogP contribution in [0.2, 0.25) is 0 Å². The second-order valence-electron chi connectivity index (χ2n) is 5.78. The van der Waals surface area contributed by atoms with Gasteiger partial charge in [-0.15, -0.1) is 11.8 Å². The molecular weight excluding hydrogens is 292 g/mol. The molecule has 0 aliphatic carbocycles. The van der Waals surface area contributed by atoms with Crippen LogP contribution in [0.25, 0.3) is 0 Å². The summed E-state index contributed by atoms with van der Waals surface area (Å²) in [6.45, 7) is 7.23. The number of unbranched alkanes of at least 4 members (excludes halogenated alkanes) is 1. The number of nitrogens with zero attached hydrogens (tertiary/aromatic N) is 1. The van der Waals surface area contributed by atoms with Crippen LogP contribution in [0, 0.1) is 0 Å². The Labute approximate surface area is 138 Å². The van der Waals surface area contributed by atoms with E-state index in [4.69, 9.17) is 0 Å². The highest BCUT2D eigenvalue weighted by atomic mass is 32.2. The number of thioether (sulfide) groups is 1. The summed E-state index contributed by atoms with van der Waals surface area (Å²) in [5, 5.41) is 3.77. The minimum absolute atomic E-state index is 0.123. The van der Waals surface area contributed by atoms with Crippen LogP contribution in [0.4, 0.5) is 0 Å². The van der Waals surface area contributed by atoms with Crippen LogP contribution >= 0.6 is 11.8 Å². The van der Waals surface area contributed by atoms with Gasteiger partial charge in [-0.1, -0.05) is 50.6 Å². The van der Waals surface area contributed by atoms with Gasteiger partial charge in [-0.3, -0.25) is 4.79 Å². The summed E-state index contributed by atoms with van der Waals surface area (Å²) in [7, 11) is 0. The molecule has 0 aromatic heterocycles. The zero-order valence-electron chi connectivity index (χ0n) is 13.8. The minimum atomic E-state index is 0.123. The molecular formula is C18H28N2OS. The van der Waals surface area contributed by atoms with Crippen LogP contribution in [-0.2, 0) is 4.79 Å². The van der Waals surface area contributed by atoms with E-state index in [1.165, 1.54) is 18.4 Å². The van der Waals surface area contributed by atoms with Crippen molar-refractivity contribution in [2.24, 2.45) is 0 Å². The highest BCUT2D eigenvalue weighted by Crippen LogP contribution is 2.43. The fourth-order valence-corrected chi connectivity index (χ4v) is 4.19. The molecule has 1 amide bonds. The lowest BCUT2D eigenvalue weighted by molar-refractivity contribution is -0.130. The molecule has 122 valence electrons. The van der Waals surface area contributed by atoms with Gasteiger partial charge in [0, 0.05) is 6.54 Å². The van der Waals surface area contributed by atoms with Crippen LogP contribution in [0.15, 0.2) is 30.3 Å². The van der Waals surface area contributed by atoms with Crippen molar-refractivity contribution in [1.82, 2.24) is 10.2 Å². The van der Waals surface area contributed by atoms with Crippen molar-refractivity contribution in [2.75, 3.05) is 19.6 Å². The number of hydrogen-bond donors (Lipinski definition) is 1. The Hall–Kier alpha value is -1.00. The number of carbonyl (C=O) groups is 1. The van der Waals surface area contributed by atoms with Gasteiger partial charge in [0.05, 0.1) is 5.25 Å². The van der Waals surface area contributed by atoms with Gasteiger partial charge >= 0.3 is 0 Å². The third kappa shape index (κ3) is 4.50. The van der Waals surface area contributed by atoms with E-state index in [0.717, 1.165) is 32.5 Å². The molecule has 1 aromatic rings. The van der Waals surface area contributed by atoms with Gasteiger partial charge in [0.2, 0.25) is 5.91 Å². The molecule has 0 bridgehead atoms. The van der Waals surface area contributed by atoms with Crippen molar-refractivity contribution in [3.63, 3.8) is 0 Å². The molecule has 0 saturated carbocycles. The monoisotopic (exact) mass is 320 g/mol. The average Bonchev–Trinajstić information content (AvgIpc) is 2.88. The summed E-state index contributed by atoms with van der Waals surface area (Å²) in [6.07, 6.45) is 4.39. The fourth-order valence-electron chi connectivity index (χ4n) is 2.76. The Morgan fingerprint density at radius 2 is 1.86 bits per heavy atom. The molecule has 2 rings (SSSR count). The van der Waals surface area contributed by atoms with Crippen LogP contribution in [0.5, 0.6) is 0 Å². The van der Waals surface area contributed by atoms with Gasteiger partial charge in [-0.2, -0.15) is 0 Å². The molecule has 4 heteroatoms. The molecule has 0 radical (unpaired) electrons. The van der Waals surface area contributed by atoms with Gasteiger partial charge in [0.1, 0.15) is 5.37 Å². The number of nitrogens with one attached hydrogen (secondary N) is 1. The Kier molecular flexibility index (Phi) is 7.26. The summed E-state index contributed by atoms with van der Waals surface area (Å²) in [5.74, 6) is 0.315. The predicted octanol–water partition coefficient (Wildman–Crippen LogP) is 3.82. The maximum absolute atomic E-state index is 12.6. The summed E-state index contributed by atoms with van der Waals surface area (Å²) in [5.41, 5.74) is 1.25. The smallest absolute Gasteiger partial charge is 0.236 e. The molecule has 2 unspecified atom stereocenters. The first-order valence-electron chi connectivity index (χ1n) is 8.49. The zero-order chi connectivity index (χ0) is 15.8. The van der Waals surface area contributed by atoms with E-state index in [-0.39, 0.29) is 10.6 Å². The van der Waals surface area contributed by atoms with E-state index < -0.39 is 0 Å². The second-order valence-corrected chi connectivity index (χ2v) is 7.07. The van der Waals surface area contributed by atoms with E-state index in [0.29, 0.717) is 5.91 Å². The van der Waals surface area contributed by atoms with Crippen LogP contribution in [0.1, 0.15) is 50.5 Å². The zero-order valence-corrected chi connectivity index (χ0v) is 14.6. The lowest BCUT2D eigenvalue weighted by atomic mass is 10.2. The number of rotatable bonds is 9. The Morgan fingerprint density at radius 1 is 1.14 bits per heavy atom. The molecule has 1 aliphatic rings. The van der Waals surface area contributed by atoms with Crippen LogP contribution in [0.3, 0.4) is 0 Å². The third-order valence-electron chi connectivity index (χ3n) is 4.05. The van der Waals surface area contributed by atoms with E-state index in [2.05, 4.69) is 48.3 Å². The number of amides is 1. The predicted molar refractivity (Wildman–Crippen MR) is 95.0 cm³/mol. The van der Waals surface area contributed by atoms with Crippen LogP contribution < -0.4 is 5.32 Å². The molecule has 1 aromatic carbocycles. The maximum Gasteiger partial charge on any atom is 0.236 e. The Balaban J connectivity index is 1.91. The molecule has 3 nitrogen and oxygen atoms in total. The van der Waals surface area contributed by atoms with Gasteiger partial charge in [0.25, 0.3) is 0 Å². The largest absolute Gasteiger partial charge is 0.326 e. The van der Waals surface area contributed by atoms with Gasteiger partial charge < -0.3 is 10.2 Å². The normalized spacial score (nSPS) is 21.5. The summed E-state index contributed by atoms with van der Waals surface area (Å²) in [6, 6.07) is 10.4. The minimum Gasteiger partial charge on any atom is -0.326 e. The SMILES string of the molecule is CCCCNCCCN1C(=O)C(CC)SC1c1ccccc1. The Morgan fingerprint density at radius 3 is 2.55 bits per heavy atom. The Bertz CT molecular complexity index is 452. The number of hydrogen-bond acceptors (Lipinski definition) is 3. The third-order valence-corrected chi connectivity index (χ3v) is 5.70. The van der Waals surface area contributed by atoms with Crippen molar-refractivity contribution in [3.05, 3.63) is 35.9 Å². The lowest BCUT2D eigenvalue weighted by Gasteiger charge is -2.24. The first kappa shape index (κ1) is 17.4. The molecule has 1 aliphatic heterocycles. The highest BCUT2D eigenvalue weighted by molar-refractivity contribution is 8.01. The van der Waals surface area contributed by atoms with Gasteiger partial charge in [-0.25, -0.2) is 0 Å². The summed E-state index contributed by atoms with van der Waals surface area (Å²) in [4.78, 5) is 14.7. The molecule has 1 fully saturated rings. The molecule has 0 spiro atoms. The molecule has 22 heavy (non-hydrogen) atoms. The first-order valence-corrected chi connectivity index (χ1v) is 9.43. The standard InChI is InChI=1S/C18H28N2OS/c1-3-5-12-19-13-9-14-20-17(21)16(4-2)22-18(20)15-10-7-6-8-11-15/h6-8,10-11,16,18-19H,3-5,9,12-14H2,1-2H3. The lowest BCUT2D eigenvalue weighted by Crippen LogP contribution is -2.33. The maximum atomic E-state index is 12.6. The van der Waals surface area contributed by atoms with E-state index in [1.807, 2.05) is 17.8 Å². The second kappa shape index (κ2) is 9.21. The van der Waals surface area contributed by atoms with Crippen molar-refractivity contribution in [3.8, 4) is 0 Å². The van der Waals surface area contributed by atoms with Crippen molar-refractivity contribution in [2.45, 2.75) is 50.2 Å². The molecule has 2 atom stereocenters. The highest BCUT2D eigenvalue weighted by Gasteiger charge is 2.39. The topological polar surface area (TPSA) is 32.3 Å². The average molecular weight is 321 g/mol. The molecule has 1 N–H and O–H groups in total. The van der Waals surface area contributed by atoms with Crippen molar-refractivity contribution >= 4 is 17.7 Å². The fraction of sp³-hybridized carbons (Fsp3) is 0.611.